The summed E-state index contributed by atoms with van der Waals surface area (Å²) in [5.41, 5.74) is 5.23. The van der Waals surface area contributed by atoms with Gasteiger partial charge in [0.25, 0.3) is 0 Å². The highest BCUT2D eigenvalue weighted by molar-refractivity contribution is 7.99. The maximum Gasteiger partial charge on any atom is 0.189 e. The van der Waals surface area contributed by atoms with Gasteiger partial charge in [-0.25, -0.2) is 15.0 Å². The highest BCUT2D eigenvalue weighted by Gasteiger charge is 2.14. The third kappa shape index (κ3) is 4.57. The van der Waals surface area contributed by atoms with Gasteiger partial charge in [-0.1, -0.05) is 43.4 Å². The number of nitrogens with zero attached hydrogens (tertiary/aromatic N) is 3. The van der Waals surface area contributed by atoms with Crippen LogP contribution < -0.4 is 10.6 Å². The Bertz CT molecular complexity index is 1160. The van der Waals surface area contributed by atoms with Gasteiger partial charge in [0, 0.05) is 21.5 Å². The molecule has 0 saturated heterocycles. The van der Waals surface area contributed by atoms with Gasteiger partial charge in [-0.05, 0) is 56.2 Å². The van der Waals surface area contributed by atoms with E-state index in [2.05, 4.69) is 90.8 Å². The summed E-state index contributed by atoms with van der Waals surface area (Å²) >= 11 is 3.39. The molecule has 2 aromatic carbocycles. The second kappa shape index (κ2) is 8.62. The molecule has 0 radical (unpaired) electrons. The highest BCUT2D eigenvalue weighted by atomic mass is 32.2. The molecular weight excluding hydrogens is 410 g/mol. The van der Waals surface area contributed by atoms with Crippen LogP contribution in [0, 0.1) is 20.8 Å². The molecule has 2 N–H and O–H groups in total. The molecule has 0 fully saturated rings. The molecule has 30 heavy (non-hydrogen) atoms. The quantitative estimate of drug-likeness (QED) is 0.318. The predicted octanol–water partition coefficient (Wildman–Crippen LogP) is 7.00. The van der Waals surface area contributed by atoms with E-state index in [1.54, 1.807) is 11.3 Å². The molecule has 5 nitrogen and oxygen atoms in total. The number of benzene rings is 2. The number of rotatable bonds is 6. The van der Waals surface area contributed by atoms with Crippen molar-refractivity contribution in [2.45, 2.75) is 44.8 Å². The van der Waals surface area contributed by atoms with Crippen molar-refractivity contribution in [3.63, 3.8) is 0 Å². The van der Waals surface area contributed by atoms with Crippen LogP contribution in [0.4, 0.5) is 22.3 Å². The first-order chi connectivity index (χ1) is 14.4. The Labute approximate surface area is 185 Å². The summed E-state index contributed by atoms with van der Waals surface area (Å²) in [6, 6.07) is 14.7. The molecule has 154 valence electrons. The molecule has 0 spiro atoms. The lowest BCUT2D eigenvalue weighted by Crippen LogP contribution is -1.99. The van der Waals surface area contributed by atoms with Crippen LogP contribution in [-0.2, 0) is 0 Å². The van der Waals surface area contributed by atoms with Crippen molar-refractivity contribution in [2.24, 2.45) is 0 Å². The number of hydrogen-bond acceptors (Lipinski definition) is 7. The van der Waals surface area contributed by atoms with Gasteiger partial charge < -0.3 is 10.6 Å². The van der Waals surface area contributed by atoms with E-state index in [1.165, 1.54) is 16.0 Å². The van der Waals surface area contributed by atoms with Crippen LogP contribution in [0.1, 0.15) is 30.8 Å². The number of fused-ring (bicyclic) bond motifs is 1. The minimum atomic E-state index is 0.561. The Balaban J connectivity index is 1.64. The van der Waals surface area contributed by atoms with E-state index in [9.17, 15) is 0 Å². The van der Waals surface area contributed by atoms with Gasteiger partial charge in [0.05, 0.1) is 0 Å². The zero-order valence-corrected chi connectivity index (χ0v) is 19.4. The van der Waals surface area contributed by atoms with Crippen molar-refractivity contribution in [1.82, 2.24) is 15.0 Å². The van der Waals surface area contributed by atoms with Gasteiger partial charge in [-0.3, -0.25) is 0 Å². The Morgan fingerprint density at radius 1 is 0.867 bits per heavy atom. The summed E-state index contributed by atoms with van der Waals surface area (Å²) in [5, 5.41) is 8.27. The summed E-state index contributed by atoms with van der Waals surface area (Å²) in [4.78, 5) is 16.1. The fraction of sp³-hybridized carbons (Fsp3) is 0.261. The first kappa shape index (κ1) is 20.6. The molecule has 0 amide bonds. The Kier molecular flexibility index (Phi) is 5.92. The average Bonchev–Trinajstić information content (AvgIpc) is 3.08. The number of para-hydroxylation sites is 1. The van der Waals surface area contributed by atoms with E-state index in [0.29, 0.717) is 5.25 Å². The second-order valence-electron chi connectivity index (χ2n) is 7.50. The fourth-order valence-electron chi connectivity index (χ4n) is 3.21. The van der Waals surface area contributed by atoms with Gasteiger partial charge in [0.15, 0.2) is 15.8 Å². The third-order valence-electron chi connectivity index (χ3n) is 4.57. The van der Waals surface area contributed by atoms with Crippen LogP contribution in [0.2, 0.25) is 0 Å². The van der Waals surface area contributed by atoms with Crippen molar-refractivity contribution in [3.8, 4) is 0 Å². The fourth-order valence-corrected chi connectivity index (χ4v) is 4.94. The molecule has 0 aliphatic rings. The Hall–Kier alpha value is -2.64. The number of aromatic nitrogens is 3. The lowest BCUT2D eigenvalue weighted by molar-refractivity contribution is 1.09. The topological polar surface area (TPSA) is 62.7 Å². The zero-order chi connectivity index (χ0) is 21.3. The molecule has 0 bridgehead atoms. The lowest BCUT2D eigenvalue weighted by atomic mass is 10.1. The van der Waals surface area contributed by atoms with Gasteiger partial charge >= 0.3 is 0 Å². The van der Waals surface area contributed by atoms with E-state index < -0.39 is 0 Å². The molecule has 0 atom stereocenters. The smallest absolute Gasteiger partial charge is 0.189 e. The van der Waals surface area contributed by atoms with E-state index in [4.69, 9.17) is 4.98 Å². The molecule has 7 heteroatoms. The Morgan fingerprint density at radius 3 is 2.23 bits per heavy atom. The number of thioether (sulfide) groups is 1. The summed E-state index contributed by atoms with van der Waals surface area (Å²) < 4.78 is 0. The van der Waals surface area contributed by atoms with Crippen LogP contribution in [-0.4, -0.2) is 20.2 Å². The number of nitrogens with one attached hydrogen (secondary N) is 2. The van der Waals surface area contributed by atoms with Gasteiger partial charge in [0.1, 0.15) is 11.3 Å². The molecule has 0 unspecified atom stereocenters. The van der Waals surface area contributed by atoms with Crippen molar-refractivity contribution in [1.29, 1.82) is 0 Å². The summed E-state index contributed by atoms with van der Waals surface area (Å²) in [7, 11) is 0. The van der Waals surface area contributed by atoms with E-state index in [-0.39, 0.29) is 0 Å². The van der Waals surface area contributed by atoms with Crippen LogP contribution in [0.25, 0.3) is 10.3 Å². The van der Waals surface area contributed by atoms with Gasteiger partial charge in [-0.2, -0.15) is 0 Å². The van der Waals surface area contributed by atoms with Crippen LogP contribution in [0.15, 0.2) is 47.4 Å². The normalized spacial score (nSPS) is 11.3. The number of aryl methyl sites for hydroxylation is 3. The maximum absolute atomic E-state index is 4.80. The van der Waals surface area contributed by atoms with E-state index in [1.807, 2.05) is 18.7 Å². The van der Waals surface area contributed by atoms with Crippen molar-refractivity contribution >= 4 is 55.8 Å². The largest absolute Gasteiger partial charge is 0.338 e. The average molecular weight is 436 g/mol. The highest BCUT2D eigenvalue weighted by Crippen LogP contribution is 2.34. The van der Waals surface area contributed by atoms with Gasteiger partial charge in [0.2, 0.25) is 0 Å². The SMILES string of the molecule is Cc1nc(Nc2ccc(SC(C)C)cc2)c2nc(Nc3c(C)cccc3C)sc2n1. The minimum absolute atomic E-state index is 0.561. The number of hydrogen-bond donors (Lipinski definition) is 2. The number of thiazole rings is 1. The van der Waals surface area contributed by atoms with Crippen LogP contribution in [0.5, 0.6) is 0 Å². The minimum Gasteiger partial charge on any atom is -0.338 e. The third-order valence-corrected chi connectivity index (χ3v) is 6.45. The second-order valence-corrected chi connectivity index (χ2v) is 10.1. The number of anilines is 4. The summed E-state index contributed by atoms with van der Waals surface area (Å²) in [6.45, 7) is 10.5. The lowest BCUT2D eigenvalue weighted by Gasteiger charge is -2.10. The van der Waals surface area contributed by atoms with Crippen LogP contribution >= 0.6 is 23.1 Å². The molecule has 0 saturated carbocycles. The summed E-state index contributed by atoms with van der Waals surface area (Å²) in [6.07, 6.45) is 0. The zero-order valence-electron chi connectivity index (χ0n) is 17.8. The van der Waals surface area contributed by atoms with Crippen molar-refractivity contribution < 1.29 is 0 Å². The first-order valence-corrected chi connectivity index (χ1v) is 11.6. The van der Waals surface area contributed by atoms with Crippen molar-refractivity contribution in [2.75, 3.05) is 10.6 Å². The van der Waals surface area contributed by atoms with Gasteiger partial charge in [-0.15, -0.1) is 11.8 Å². The molecule has 2 heterocycles. The molecule has 2 aromatic heterocycles. The monoisotopic (exact) mass is 435 g/mol. The molecule has 4 aromatic rings. The molecule has 0 aliphatic carbocycles. The standard InChI is InChI=1S/C23H25N5S2/c1-13(2)29-18-11-9-17(10-12-18)26-21-20-22(25-16(5)24-21)30-23(28-20)27-19-14(3)7-6-8-15(19)4/h6-13H,1-5H3,(H,27,28)(H,24,25,26). The van der Waals surface area contributed by atoms with Crippen molar-refractivity contribution in [3.05, 3.63) is 59.4 Å². The molecule has 4 rings (SSSR count). The first-order valence-electron chi connectivity index (χ1n) is 9.91. The van der Waals surface area contributed by atoms with E-state index >= 15 is 0 Å². The van der Waals surface area contributed by atoms with Crippen LogP contribution in [0.3, 0.4) is 0 Å². The molecular formula is C23H25N5S2. The Morgan fingerprint density at radius 2 is 1.57 bits per heavy atom. The maximum atomic E-state index is 4.80. The molecule has 0 aliphatic heterocycles. The predicted molar refractivity (Wildman–Crippen MR) is 130 cm³/mol. The van der Waals surface area contributed by atoms with E-state index in [0.717, 1.165) is 38.5 Å². The summed E-state index contributed by atoms with van der Waals surface area (Å²) in [5.74, 6) is 1.45.